The molecule has 8 heteroatoms. The number of carbonyl (C=O) groups excluding carboxylic acids is 2. The van der Waals surface area contributed by atoms with Gasteiger partial charge >= 0.3 is 0 Å². The molecular weight excluding hydrogens is 253 g/mol. The molecule has 5 N–H and O–H groups in total. The highest BCUT2D eigenvalue weighted by Crippen LogP contribution is 2.22. The van der Waals surface area contributed by atoms with E-state index in [4.69, 9.17) is 11.5 Å². The van der Waals surface area contributed by atoms with Crippen molar-refractivity contribution in [1.29, 1.82) is 0 Å². The summed E-state index contributed by atoms with van der Waals surface area (Å²) in [5.41, 5.74) is 13.0. The van der Waals surface area contributed by atoms with E-state index in [2.05, 4.69) is 10.5 Å². The Morgan fingerprint density at radius 3 is 2.53 bits per heavy atom. The second-order valence-corrected chi connectivity index (χ2v) is 3.97. The van der Waals surface area contributed by atoms with Crippen LogP contribution in [-0.2, 0) is 9.59 Å². The van der Waals surface area contributed by atoms with Crippen LogP contribution in [0.5, 0.6) is 0 Å². The normalized spacial score (nSPS) is 18.6. The largest absolute Gasteiger partial charge is 0.369 e. The van der Waals surface area contributed by atoms with Crippen molar-refractivity contribution >= 4 is 23.5 Å². The quantitative estimate of drug-likeness (QED) is 0.287. The van der Waals surface area contributed by atoms with Gasteiger partial charge in [-0.2, -0.15) is 0 Å². The highest BCUT2D eigenvalue weighted by atomic mass is 19.1. The van der Waals surface area contributed by atoms with E-state index in [1.165, 1.54) is 24.3 Å². The minimum Gasteiger partial charge on any atom is -0.369 e. The summed E-state index contributed by atoms with van der Waals surface area (Å²) in [6.45, 7) is 0. The number of imide groups is 1. The van der Waals surface area contributed by atoms with Crippen LogP contribution in [0.15, 0.2) is 29.4 Å². The summed E-state index contributed by atoms with van der Waals surface area (Å²) in [7, 11) is 0. The first-order chi connectivity index (χ1) is 8.99. The molecule has 1 atom stereocenters. The standard InChI is InChI=1S/C11H12FN5O2/c12-6-1-3-7(4-2-6)17-9(18)5-8(10(17)19)15-16-11(13)14/h1-4,8,15H,5H2,(H4,13,14,16). The first-order valence-electron chi connectivity index (χ1n) is 5.45. The lowest BCUT2D eigenvalue weighted by Gasteiger charge is -2.14. The van der Waals surface area contributed by atoms with Gasteiger partial charge in [0.1, 0.15) is 11.9 Å². The highest BCUT2D eigenvalue weighted by molar-refractivity contribution is 6.22. The van der Waals surface area contributed by atoms with E-state index in [-0.39, 0.29) is 12.4 Å². The zero-order chi connectivity index (χ0) is 14.0. The van der Waals surface area contributed by atoms with Crippen molar-refractivity contribution in [3.63, 3.8) is 0 Å². The molecule has 1 heterocycles. The number of nitrogens with zero attached hydrogens (tertiary/aromatic N) is 2. The van der Waals surface area contributed by atoms with Gasteiger partial charge in [-0.3, -0.25) is 15.0 Å². The SMILES string of the molecule is NC(N)=NNC1CC(=O)N(c2ccc(F)cc2)C1=O. The number of nitrogens with two attached hydrogens (primary N) is 2. The number of benzene rings is 1. The van der Waals surface area contributed by atoms with Crippen LogP contribution in [0.2, 0.25) is 0 Å². The zero-order valence-corrected chi connectivity index (χ0v) is 9.84. The molecule has 0 radical (unpaired) electrons. The fourth-order valence-corrected chi connectivity index (χ4v) is 1.75. The summed E-state index contributed by atoms with van der Waals surface area (Å²) in [5.74, 6) is -1.57. The van der Waals surface area contributed by atoms with Crippen LogP contribution in [0.25, 0.3) is 0 Å². The highest BCUT2D eigenvalue weighted by Gasteiger charge is 2.39. The summed E-state index contributed by atoms with van der Waals surface area (Å²) in [4.78, 5) is 24.8. The van der Waals surface area contributed by atoms with Gasteiger partial charge in [0.2, 0.25) is 11.9 Å². The molecule has 19 heavy (non-hydrogen) atoms. The number of rotatable bonds is 3. The van der Waals surface area contributed by atoms with Gasteiger partial charge in [0.25, 0.3) is 5.91 Å². The van der Waals surface area contributed by atoms with E-state index in [1.54, 1.807) is 0 Å². The molecule has 0 aromatic heterocycles. The molecule has 1 aromatic rings. The molecule has 0 saturated carbocycles. The Hall–Kier alpha value is -2.64. The van der Waals surface area contributed by atoms with Gasteiger partial charge in [-0.25, -0.2) is 9.29 Å². The minimum atomic E-state index is -0.820. The molecule has 0 bridgehead atoms. The van der Waals surface area contributed by atoms with Crippen molar-refractivity contribution in [2.45, 2.75) is 12.5 Å². The van der Waals surface area contributed by atoms with Crippen molar-refractivity contribution in [2.24, 2.45) is 16.6 Å². The fraction of sp³-hybridized carbons (Fsp3) is 0.182. The number of hydrazone groups is 1. The number of amides is 2. The van der Waals surface area contributed by atoms with E-state index in [1.807, 2.05) is 0 Å². The van der Waals surface area contributed by atoms with Crippen LogP contribution < -0.4 is 21.8 Å². The summed E-state index contributed by atoms with van der Waals surface area (Å²) in [5, 5.41) is 3.50. The van der Waals surface area contributed by atoms with Crippen molar-refractivity contribution in [3.8, 4) is 0 Å². The Morgan fingerprint density at radius 2 is 1.95 bits per heavy atom. The number of halogens is 1. The lowest BCUT2D eigenvalue weighted by atomic mass is 10.2. The molecule has 1 aromatic carbocycles. The maximum Gasteiger partial charge on any atom is 0.258 e. The number of nitrogens with one attached hydrogen (secondary N) is 1. The topological polar surface area (TPSA) is 114 Å². The molecule has 1 unspecified atom stereocenters. The number of hydrogen-bond acceptors (Lipinski definition) is 4. The molecule has 100 valence electrons. The van der Waals surface area contributed by atoms with Gasteiger partial charge in [0.05, 0.1) is 12.1 Å². The number of hydrogen-bond donors (Lipinski definition) is 3. The fourth-order valence-electron chi connectivity index (χ4n) is 1.75. The third kappa shape index (κ3) is 2.62. The van der Waals surface area contributed by atoms with E-state index >= 15 is 0 Å². The molecule has 1 saturated heterocycles. The Labute approximate surface area is 108 Å². The monoisotopic (exact) mass is 265 g/mol. The van der Waals surface area contributed by atoms with Crippen LogP contribution in [-0.4, -0.2) is 23.8 Å². The average molecular weight is 265 g/mol. The lowest BCUT2D eigenvalue weighted by Crippen LogP contribution is -2.38. The third-order valence-electron chi connectivity index (χ3n) is 2.58. The van der Waals surface area contributed by atoms with Gasteiger partial charge in [0, 0.05) is 0 Å². The second-order valence-electron chi connectivity index (χ2n) is 3.97. The molecule has 0 aliphatic carbocycles. The molecule has 2 rings (SSSR count). The summed E-state index contributed by atoms with van der Waals surface area (Å²) < 4.78 is 12.8. The lowest BCUT2D eigenvalue weighted by molar-refractivity contribution is -0.121. The van der Waals surface area contributed by atoms with Crippen LogP contribution in [0.3, 0.4) is 0 Å². The zero-order valence-electron chi connectivity index (χ0n) is 9.84. The Balaban J connectivity index is 2.19. The van der Waals surface area contributed by atoms with E-state index in [0.29, 0.717) is 5.69 Å². The Kier molecular flexibility index (Phi) is 3.32. The molecule has 0 spiro atoms. The second kappa shape index (κ2) is 4.92. The number of guanidine groups is 1. The van der Waals surface area contributed by atoms with E-state index in [0.717, 1.165) is 4.90 Å². The minimum absolute atomic E-state index is 0.0625. The van der Waals surface area contributed by atoms with Crippen LogP contribution in [0, 0.1) is 5.82 Å². The Morgan fingerprint density at radius 1 is 1.32 bits per heavy atom. The summed E-state index contributed by atoms with van der Waals surface area (Å²) in [6.07, 6.45) is -0.0625. The van der Waals surface area contributed by atoms with Crippen LogP contribution in [0.4, 0.5) is 10.1 Å². The molecule has 1 aliphatic heterocycles. The Bertz CT molecular complexity index is 539. The van der Waals surface area contributed by atoms with Crippen molar-refractivity contribution in [1.82, 2.24) is 5.43 Å². The average Bonchev–Trinajstić information content (AvgIpc) is 2.63. The van der Waals surface area contributed by atoms with E-state index in [9.17, 15) is 14.0 Å². The molecular formula is C11H12FN5O2. The molecule has 7 nitrogen and oxygen atoms in total. The first kappa shape index (κ1) is 12.8. The van der Waals surface area contributed by atoms with Crippen LogP contribution >= 0.6 is 0 Å². The van der Waals surface area contributed by atoms with Gasteiger partial charge in [0.15, 0.2) is 0 Å². The predicted molar refractivity (Wildman–Crippen MR) is 66.2 cm³/mol. The van der Waals surface area contributed by atoms with Gasteiger partial charge in [-0.1, -0.05) is 0 Å². The first-order valence-corrected chi connectivity index (χ1v) is 5.45. The maximum absolute atomic E-state index is 12.8. The molecule has 2 amide bonds. The predicted octanol–water partition coefficient (Wildman–Crippen LogP) is -0.764. The van der Waals surface area contributed by atoms with Gasteiger partial charge in [-0.15, -0.1) is 5.10 Å². The molecule has 1 fully saturated rings. The smallest absolute Gasteiger partial charge is 0.258 e. The van der Waals surface area contributed by atoms with Crippen molar-refractivity contribution < 1.29 is 14.0 Å². The molecule has 1 aliphatic rings. The third-order valence-corrected chi connectivity index (χ3v) is 2.58. The van der Waals surface area contributed by atoms with Gasteiger partial charge < -0.3 is 11.5 Å². The summed E-state index contributed by atoms with van der Waals surface area (Å²) in [6, 6.07) is 4.24. The van der Waals surface area contributed by atoms with Crippen LogP contribution in [0.1, 0.15) is 6.42 Å². The number of carbonyl (C=O) groups is 2. The maximum atomic E-state index is 12.8. The number of anilines is 1. The van der Waals surface area contributed by atoms with Crippen molar-refractivity contribution in [2.75, 3.05) is 4.90 Å². The van der Waals surface area contributed by atoms with E-state index < -0.39 is 23.7 Å². The van der Waals surface area contributed by atoms with Crippen molar-refractivity contribution in [3.05, 3.63) is 30.1 Å². The van der Waals surface area contributed by atoms with Gasteiger partial charge in [-0.05, 0) is 24.3 Å². The summed E-state index contributed by atoms with van der Waals surface area (Å²) >= 11 is 0.